The van der Waals surface area contributed by atoms with E-state index in [0.717, 1.165) is 77.0 Å². The van der Waals surface area contributed by atoms with Crippen LogP contribution in [0.15, 0.2) is 48.6 Å². The maximum absolute atomic E-state index is 12.8. The SMILES string of the molecule is CCCCC/C=C\C/C=C\CCCCCCCCCCCC(=O)OCC(COC(=O)CCCCCCCCCCC)OC(=O)CCCCCCCCC/C=C\C/C=C\CCCCC. The Kier molecular flexibility index (Phi) is 49.8. The molecule has 0 N–H and O–H groups in total. The van der Waals surface area contributed by atoms with Gasteiger partial charge in [-0.15, -0.1) is 0 Å². The Bertz CT molecular complexity index is 1110. The van der Waals surface area contributed by atoms with Crippen LogP contribution in [0.5, 0.6) is 0 Å². The predicted octanol–water partition coefficient (Wildman–Crippen LogP) is 17.9. The second kappa shape index (κ2) is 52.0. The standard InChI is InChI=1S/C57H102O6/c1-4-7-10-13-16-19-21-23-25-27-28-30-31-33-35-38-41-44-47-50-56(59)62-53-54(52-61-55(58)49-46-43-40-37-18-15-12-9-6-3)63-57(60)51-48-45-42-39-36-34-32-29-26-24-22-20-17-14-11-8-5-2/h16-17,19-20,23-26,54H,4-15,18,21-22,27-53H2,1-3H3/b19-16-,20-17-,25-23-,26-24-. The second-order valence-electron chi connectivity index (χ2n) is 18.1. The summed E-state index contributed by atoms with van der Waals surface area (Å²) in [4.78, 5) is 38.0. The van der Waals surface area contributed by atoms with Crippen LogP contribution in [-0.4, -0.2) is 37.2 Å². The lowest BCUT2D eigenvalue weighted by atomic mass is 10.1. The number of allylic oxidation sites excluding steroid dienone is 8. The van der Waals surface area contributed by atoms with Crippen molar-refractivity contribution in [1.29, 1.82) is 0 Å². The highest BCUT2D eigenvalue weighted by Gasteiger charge is 2.19. The molecule has 0 amide bonds. The fourth-order valence-corrected chi connectivity index (χ4v) is 7.68. The molecule has 6 nitrogen and oxygen atoms in total. The summed E-state index contributed by atoms with van der Waals surface area (Å²) in [5, 5.41) is 0. The van der Waals surface area contributed by atoms with E-state index in [1.165, 1.54) is 161 Å². The smallest absolute Gasteiger partial charge is 0.306 e. The Hall–Kier alpha value is -2.63. The number of ether oxygens (including phenoxy) is 3. The molecule has 63 heavy (non-hydrogen) atoms. The summed E-state index contributed by atoms with van der Waals surface area (Å²) in [5.74, 6) is -0.881. The van der Waals surface area contributed by atoms with E-state index in [2.05, 4.69) is 69.4 Å². The van der Waals surface area contributed by atoms with E-state index in [1.807, 2.05) is 0 Å². The number of hydrogen-bond acceptors (Lipinski definition) is 6. The molecule has 0 fully saturated rings. The molecular formula is C57H102O6. The van der Waals surface area contributed by atoms with Crippen LogP contribution in [0.4, 0.5) is 0 Å². The van der Waals surface area contributed by atoms with Gasteiger partial charge < -0.3 is 14.2 Å². The third-order valence-electron chi connectivity index (χ3n) is 11.8. The van der Waals surface area contributed by atoms with Gasteiger partial charge in [0.2, 0.25) is 0 Å². The van der Waals surface area contributed by atoms with Crippen LogP contribution < -0.4 is 0 Å². The van der Waals surface area contributed by atoms with E-state index < -0.39 is 6.10 Å². The number of unbranched alkanes of at least 4 members (excludes halogenated alkanes) is 30. The van der Waals surface area contributed by atoms with Gasteiger partial charge in [0.25, 0.3) is 0 Å². The van der Waals surface area contributed by atoms with Crippen molar-refractivity contribution in [3.05, 3.63) is 48.6 Å². The molecule has 0 heterocycles. The molecular weight excluding hydrogens is 781 g/mol. The Balaban J connectivity index is 4.30. The summed E-state index contributed by atoms with van der Waals surface area (Å²) < 4.78 is 16.8. The lowest BCUT2D eigenvalue weighted by molar-refractivity contribution is -0.167. The molecule has 6 heteroatoms. The van der Waals surface area contributed by atoms with E-state index in [9.17, 15) is 14.4 Å². The zero-order valence-electron chi connectivity index (χ0n) is 41.8. The highest BCUT2D eigenvalue weighted by molar-refractivity contribution is 5.71. The van der Waals surface area contributed by atoms with Crippen molar-refractivity contribution in [2.45, 2.75) is 284 Å². The topological polar surface area (TPSA) is 78.9 Å². The fraction of sp³-hybridized carbons (Fsp3) is 0.807. The summed E-state index contributed by atoms with van der Waals surface area (Å²) in [5.41, 5.74) is 0. The highest BCUT2D eigenvalue weighted by Crippen LogP contribution is 2.15. The van der Waals surface area contributed by atoms with E-state index >= 15 is 0 Å². The molecule has 0 saturated carbocycles. The van der Waals surface area contributed by atoms with Gasteiger partial charge in [0.15, 0.2) is 6.10 Å². The number of rotatable bonds is 49. The van der Waals surface area contributed by atoms with Crippen LogP contribution in [0.25, 0.3) is 0 Å². The summed E-state index contributed by atoms with van der Waals surface area (Å²) >= 11 is 0. The summed E-state index contributed by atoms with van der Waals surface area (Å²) in [6.45, 7) is 6.58. The first kappa shape index (κ1) is 60.4. The number of carbonyl (C=O) groups excluding carboxylic acids is 3. The zero-order chi connectivity index (χ0) is 45.8. The fourth-order valence-electron chi connectivity index (χ4n) is 7.68. The van der Waals surface area contributed by atoms with E-state index in [-0.39, 0.29) is 31.1 Å². The normalized spacial score (nSPS) is 12.4. The van der Waals surface area contributed by atoms with Gasteiger partial charge in [-0.25, -0.2) is 0 Å². The van der Waals surface area contributed by atoms with Crippen LogP contribution in [0.2, 0.25) is 0 Å². The minimum atomic E-state index is -0.775. The lowest BCUT2D eigenvalue weighted by Gasteiger charge is -2.18. The molecule has 0 rings (SSSR count). The molecule has 366 valence electrons. The molecule has 1 unspecified atom stereocenters. The molecule has 0 aromatic rings. The summed E-state index contributed by atoms with van der Waals surface area (Å²) in [7, 11) is 0. The largest absolute Gasteiger partial charge is 0.462 e. The molecule has 0 aliphatic heterocycles. The third kappa shape index (κ3) is 50.2. The van der Waals surface area contributed by atoms with Crippen LogP contribution >= 0.6 is 0 Å². The summed E-state index contributed by atoms with van der Waals surface area (Å²) in [6, 6.07) is 0. The van der Waals surface area contributed by atoms with Crippen LogP contribution in [0.3, 0.4) is 0 Å². The molecule has 0 aliphatic carbocycles. The van der Waals surface area contributed by atoms with Crippen molar-refractivity contribution in [1.82, 2.24) is 0 Å². The van der Waals surface area contributed by atoms with Crippen molar-refractivity contribution in [3.63, 3.8) is 0 Å². The van der Waals surface area contributed by atoms with Crippen molar-refractivity contribution in [3.8, 4) is 0 Å². The van der Waals surface area contributed by atoms with Crippen LogP contribution in [-0.2, 0) is 28.6 Å². The Morgan fingerprint density at radius 2 is 0.571 bits per heavy atom. The number of carbonyl (C=O) groups is 3. The first-order valence-electron chi connectivity index (χ1n) is 27.1. The molecule has 0 spiro atoms. The third-order valence-corrected chi connectivity index (χ3v) is 11.8. The van der Waals surface area contributed by atoms with Crippen LogP contribution in [0.1, 0.15) is 278 Å². The Labute approximate surface area is 390 Å². The lowest BCUT2D eigenvalue weighted by Crippen LogP contribution is -2.30. The number of hydrogen-bond donors (Lipinski definition) is 0. The van der Waals surface area contributed by atoms with Gasteiger partial charge in [-0.05, 0) is 83.5 Å². The van der Waals surface area contributed by atoms with Crippen molar-refractivity contribution >= 4 is 17.9 Å². The van der Waals surface area contributed by atoms with Gasteiger partial charge >= 0.3 is 17.9 Å². The minimum absolute atomic E-state index is 0.0756. The molecule has 0 aliphatic rings. The van der Waals surface area contributed by atoms with E-state index in [1.54, 1.807) is 0 Å². The molecule has 0 radical (unpaired) electrons. The Morgan fingerprint density at radius 1 is 0.317 bits per heavy atom. The molecule has 0 aromatic heterocycles. The molecule has 0 saturated heterocycles. The molecule has 1 atom stereocenters. The highest BCUT2D eigenvalue weighted by atomic mass is 16.6. The predicted molar refractivity (Wildman–Crippen MR) is 270 cm³/mol. The monoisotopic (exact) mass is 883 g/mol. The van der Waals surface area contributed by atoms with Gasteiger partial charge in [-0.2, -0.15) is 0 Å². The van der Waals surface area contributed by atoms with Gasteiger partial charge in [-0.1, -0.05) is 223 Å². The van der Waals surface area contributed by atoms with Gasteiger partial charge in [0.05, 0.1) is 0 Å². The van der Waals surface area contributed by atoms with Crippen molar-refractivity contribution < 1.29 is 28.6 Å². The minimum Gasteiger partial charge on any atom is -0.462 e. The van der Waals surface area contributed by atoms with E-state index in [4.69, 9.17) is 14.2 Å². The maximum Gasteiger partial charge on any atom is 0.306 e. The number of esters is 3. The second-order valence-corrected chi connectivity index (χ2v) is 18.1. The zero-order valence-corrected chi connectivity index (χ0v) is 41.8. The van der Waals surface area contributed by atoms with Gasteiger partial charge in [-0.3, -0.25) is 14.4 Å². The maximum atomic E-state index is 12.8. The van der Waals surface area contributed by atoms with Crippen molar-refractivity contribution in [2.75, 3.05) is 13.2 Å². The Morgan fingerprint density at radius 3 is 0.905 bits per heavy atom. The van der Waals surface area contributed by atoms with Gasteiger partial charge in [0.1, 0.15) is 13.2 Å². The van der Waals surface area contributed by atoms with E-state index in [0.29, 0.717) is 19.3 Å². The first-order chi connectivity index (χ1) is 31.0. The first-order valence-corrected chi connectivity index (χ1v) is 27.1. The average molecular weight is 883 g/mol. The summed E-state index contributed by atoms with van der Waals surface area (Å²) in [6.07, 6.45) is 62.4. The quantitative estimate of drug-likeness (QED) is 0.0262. The average Bonchev–Trinajstić information content (AvgIpc) is 3.28. The van der Waals surface area contributed by atoms with Crippen LogP contribution in [0, 0.1) is 0 Å². The molecule has 0 aromatic carbocycles. The molecule has 0 bridgehead atoms. The van der Waals surface area contributed by atoms with Gasteiger partial charge in [0, 0.05) is 19.3 Å². The van der Waals surface area contributed by atoms with Crippen molar-refractivity contribution in [2.24, 2.45) is 0 Å².